The summed E-state index contributed by atoms with van der Waals surface area (Å²) in [5, 5.41) is 18.2. The SMILES string of the molecule is CC(c1ccccc1)[C@@](N)(O)C(=O)O. The van der Waals surface area contributed by atoms with Crippen molar-refractivity contribution in [3.8, 4) is 0 Å². The number of carboxylic acid groups (broad SMARTS) is 1. The lowest BCUT2D eigenvalue weighted by Crippen LogP contribution is -2.52. The number of hydrogen-bond donors (Lipinski definition) is 3. The van der Waals surface area contributed by atoms with E-state index in [0.29, 0.717) is 5.56 Å². The third-order valence-corrected chi connectivity index (χ3v) is 2.30. The highest BCUT2D eigenvalue weighted by atomic mass is 16.4. The van der Waals surface area contributed by atoms with Gasteiger partial charge in [-0.25, -0.2) is 4.79 Å². The van der Waals surface area contributed by atoms with Crippen molar-refractivity contribution in [1.82, 2.24) is 0 Å². The van der Waals surface area contributed by atoms with Crippen LogP contribution in [0.3, 0.4) is 0 Å². The zero-order valence-corrected chi connectivity index (χ0v) is 7.84. The van der Waals surface area contributed by atoms with Crippen molar-refractivity contribution in [2.75, 3.05) is 0 Å². The summed E-state index contributed by atoms with van der Waals surface area (Å²) in [6.45, 7) is 1.57. The molecule has 1 aromatic rings. The lowest BCUT2D eigenvalue weighted by Gasteiger charge is -2.25. The van der Waals surface area contributed by atoms with Gasteiger partial charge in [-0.15, -0.1) is 0 Å². The third kappa shape index (κ3) is 1.92. The van der Waals surface area contributed by atoms with Crippen molar-refractivity contribution in [3.05, 3.63) is 35.9 Å². The number of hydrogen-bond acceptors (Lipinski definition) is 3. The van der Waals surface area contributed by atoms with Gasteiger partial charge in [-0.05, 0) is 5.56 Å². The standard InChI is InChI=1S/C10H13NO3/c1-7(10(11,14)9(12)13)8-5-3-2-4-6-8/h2-7,14H,11H2,1H3,(H,12,13)/t7?,10-/m1/s1. The van der Waals surface area contributed by atoms with Crippen molar-refractivity contribution in [1.29, 1.82) is 0 Å². The predicted molar refractivity (Wildman–Crippen MR) is 51.6 cm³/mol. The topological polar surface area (TPSA) is 83.5 Å². The minimum Gasteiger partial charge on any atom is -0.478 e. The molecule has 4 heteroatoms. The molecular formula is C10H13NO3. The molecule has 0 saturated heterocycles. The summed E-state index contributed by atoms with van der Waals surface area (Å²) in [6, 6.07) is 8.80. The minimum atomic E-state index is -2.22. The molecule has 14 heavy (non-hydrogen) atoms. The fraction of sp³-hybridized carbons (Fsp3) is 0.300. The molecule has 0 radical (unpaired) electrons. The van der Waals surface area contributed by atoms with E-state index in [1.807, 2.05) is 6.07 Å². The van der Waals surface area contributed by atoms with Gasteiger partial charge in [-0.3, -0.25) is 5.73 Å². The van der Waals surface area contributed by atoms with Crippen LogP contribution in [0.4, 0.5) is 0 Å². The number of benzene rings is 1. The number of carbonyl (C=O) groups is 1. The maximum Gasteiger partial charge on any atom is 0.351 e. The molecule has 0 amide bonds. The van der Waals surface area contributed by atoms with Gasteiger partial charge in [0, 0.05) is 5.92 Å². The van der Waals surface area contributed by atoms with Gasteiger partial charge in [0.2, 0.25) is 5.72 Å². The van der Waals surface area contributed by atoms with E-state index in [1.165, 1.54) is 0 Å². The fourth-order valence-corrected chi connectivity index (χ4v) is 1.18. The van der Waals surface area contributed by atoms with E-state index >= 15 is 0 Å². The van der Waals surface area contributed by atoms with Crippen LogP contribution in [0, 0.1) is 0 Å². The van der Waals surface area contributed by atoms with Crippen molar-refractivity contribution in [2.45, 2.75) is 18.6 Å². The summed E-state index contributed by atoms with van der Waals surface area (Å²) in [6.07, 6.45) is 0. The molecule has 1 aromatic carbocycles. The molecule has 0 aromatic heterocycles. The molecule has 4 nitrogen and oxygen atoms in total. The normalized spacial score (nSPS) is 17.1. The Bertz CT molecular complexity index is 321. The molecule has 0 saturated carbocycles. The number of rotatable bonds is 3. The summed E-state index contributed by atoms with van der Waals surface area (Å²) >= 11 is 0. The third-order valence-electron chi connectivity index (χ3n) is 2.30. The van der Waals surface area contributed by atoms with Crippen LogP contribution in [0.2, 0.25) is 0 Å². The number of aliphatic carboxylic acids is 1. The van der Waals surface area contributed by atoms with E-state index in [1.54, 1.807) is 31.2 Å². The Hall–Kier alpha value is -1.39. The fourth-order valence-electron chi connectivity index (χ4n) is 1.18. The van der Waals surface area contributed by atoms with Crippen LogP contribution in [-0.4, -0.2) is 21.9 Å². The summed E-state index contributed by atoms with van der Waals surface area (Å²) in [7, 11) is 0. The smallest absolute Gasteiger partial charge is 0.351 e. The molecule has 0 aliphatic heterocycles. The van der Waals surface area contributed by atoms with Crippen molar-refractivity contribution in [2.24, 2.45) is 5.73 Å². The van der Waals surface area contributed by atoms with Gasteiger partial charge >= 0.3 is 5.97 Å². The van der Waals surface area contributed by atoms with Gasteiger partial charge in [-0.1, -0.05) is 37.3 Å². The summed E-state index contributed by atoms with van der Waals surface area (Å²) in [5.74, 6) is -2.07. The van der Waals surface area contributed by atoms with E-state index in [9.17, 15) is 9.90 Å². The molecule has 4 N–H and O–H groups in total. The lowest BCUT2D eigenvalue weighted by atomic mass is 9.91. The first-order valence-electron chi connectivity index (χ1n) is 4.26. The first kappa shape index (κ1) is 10.7. The average molecular weight is 195 g/mol. The Morgan fingerprint density at radius 2 is 1.93 bits per heavy atom. The lowest BCUT2D eigenvalue weighted by molar-refractivity contribution is -0.160. The number of carboxylic acids is 1. The molecule has 76 valence electrons. The van der Waals surface area contributed by atoms with E-state index < -0.39 is 17.6 Å². The van der Waals surface area contributed by atoms with Gasteiger partial charge in [0.1, 0.15) is 0 Å². The molecule has 0 aliphatic carbocycles. The van der Waals surface area contributed by atoms with E-state index in [2.05, 4.69) is 0 Å². The minimum absolute atomic E-state index is 0.652. The van der Waals surface area contributed by atoms with E-state index in [4.69, 9.17) is 10.8 Å². The predicted octanol–water partition coefficient (Wildman–Crippen LogP) is 0.522. The maximum absolute atomic E-state index is 10.7. The zero-order valence-electron chi connectivity index (χ0n) is 7.84. The van der Waals surface area contributed by atoms with Gasteiger partial charge in [0.15, 0.2) is 0 Å². The van der Waals surface area contributed by atoms with Crippen LogP contribution in [0.1, 0.15) is 18.4 Å². The average Bonchev–Trinajstić information content (AvgIpc) is 2.17. The Labute approximate surface area is 82.0 Å². The second-order valence-corrected chi connectivity index (χ2v) is 3.26. The molecule has 1 rings (SSSR count). The van der Waals surface area contributed by atoms with Gasteiger partial charge in [-0.2, -0.15) is 0 Å². The van der Waals surface area contributed by atoms with Crippen molar-refractivity contribution >= 4 is 5.97 Å². The Balaban J connectivity index is 2.96. The Morgan fingerprint density at radius 1 is 1.43 bits per heavy atom. The number of nitrogens with two attached hydrogens (primary N) is 1. The summed E-state index contributed by atoms with van der Waals surface area (Å²) in [4.78, 5) is 10.7. The second-order valence-electron chi connectivity index (χ2n) is 3.26. The largest absolute Gasteiger partial charge is 0.478 e. The molecule has 2 atom stereocenters. The van der Waals surface area contributed by atoms with Crippen LogP contribution in [0.15, 0.2) is 30.3 Å². The second kappa shape index (κ2) is 3.77. The first-order chi connectivity index (χ1) is 6.46. The molecule has 0 bridgehead atoms. The zero-order chi connectivity index (χ0) is 10.8. The highest BCUT2D eigenvalue weighted by Crippen LogP contribution is 2.23. The van der Waals surface area contributed by atoms with Gasteiger partial charge < -0.3 is 10.2 Å². The van der Waals surface area contributed by atoms with Crippen molar-refractivity contribution < 1.29 is 15.0 Å². The molecular weight excluding hydrogens is 182 g/mol. The Morgan fingerprint density at radius 3 is 2.36 bits per heavy atom. The molecule has 1 unspecified atom stereocenters. The van der Waals surface area contributed by atoms with Crippen LogP contribution < -0.4 is 5.73 Å². The monoisotopic (exact) mass is 195 g/mol. The van der Waals surface area contributed by atoms with Gasteiger partial charge in [0.05, 0.1) is 0 Å². The van der Waals surface area contributed by atoms with Crippen molar-refractivity contribution in [3.63, 3.8) is 0 Å². The summed E-state index contributed by atoms with van der Waals surface area (Å²) in [5.41, 5.74) is 3.76. The highest BCUT2D eigenvalue weighted by Gasteiger charge is 2.38. The quantitative estimate of drug-likeness (QED) is 0.614. The molecule has 0 fully saturated rings. The van der Waals surface area contributed by atoms with Crippen LogP contribution in [0.25, 0.3) is 0 Å². The molecule has 0 heterocycles. The Kier molecular flexibility index (Phi) is 2.88. The van der Waals surface area contributed by atoms with Crippen LogP contribution >= 0.6 is 0 Å². The first-order valence-corrected chi connectivity index (χ1v) is 4.26. The molecule has 0 spiro atoms. The maximum atomic E-state index is 10.7. The van der Waals surface area contributed by atoms with E-state index in [0.717, 1.165) is 0 Å². The van der Waals surface area contributed by atoms with Crippen LogP contribution in [0.5, 0.6) is 0 Å². The van der Waals surface area contributed by atoms with Gasteiger partial charge in [0.25, 0.3) is 0 Å². The van der Waals surface area contributed by atoms with Crippen LogP contribution in [-0.2, 0) is 4.79 Å². The number of aliphatic hydroxyl groups is 1. The summed E-state index contributed by atoms with van der Waals surface area (Å²) < 4.78 is 0. The molecule has 0 aliphatic rings. The highest BCUT2D eigenvalue weighted by molar-refractivity contribution is 5.77. The van der Waals surface area contributed by atoms with E-state index in [-0.39, 0.29) is 0 Å².